The summed E-state index contributed by atoms with van der Waals surface area (Å²) in [4.78, 5) is 17.7. The summed E-state index contributed by atoms with van der Waals surface area (Å²) in [5.74, 6) is 0.0569. The van der Waals surface area contributed by atoms with Crippen molar-refractivity contribution >= 4 is 28.8 Å². The molecule has 1 N–H and O–H groups in total. The van der Waals surface area contributed by atoms with Crippen LogP contribution in [0.2, 0.25) is 5.02 Å². The van der Waals surface area contributed by atoms with Crippen molar-refractivity contribution in [3.05, 3.63) is 57.7 Å². The minimum absolute atomic E-state index is 0.231. The number of hydrogen-bond acceptors (Lipinski definition) is 6. The van der Waals surface area contributed by atoms with Gasteiger partial charge in [0.1, 0.15) is 5.01 Å². The molecule has 0 aliphatic carbocycles. The van der Waals surface area contributed by atoms with Gasteiger partial charge in [-0.3, -0.25) is 4.79 Å². The van der Waals surface area contributed by atoms with Gasteiger partial charge in [0.25, 0.3) is 5.91 Å². The molecule has 3 aromatic rings. The van der Waals surface area contributed by atoms with Crippen LogP contribution in [0.15, 0.2) is 36.4 Å². The topological polar surface area (TPSA) is 77.0 Å². The SMILES string of the molecule is COc1ccc(C(=O)NCc2sc(-c3ccccc3Cl)nc2C)nn1. The highest BCUT2D eigenvalue weighted by atomic mass is 35.5. The lowest BCUT2D eigenvalue weighted by Gasteiger charge is -2.03. The van der Waals surface area contributed by atoms with Crippen molar-refractivity contribution in [2.75, 3.05) is 7.11 Å². The average molecular weight is 375 g/mol. The van der Waals surface area contributed by atoms with Crippen molar-refractivity contribution in [2.45, 2.75) is 13.5 Å². The zero-order valence-corrected chi connectivity index (χ0v) is 15.2. The van der Waals surface area contributed by atoms with E-state index in [0.717, 1.165) is 21.1 Å². The number of aromatic nitrogens is 3. The molecule has 0 saturated carbocycles. The highest BCUT2D eigenvalue weighted by Gasteiger charge is 2.14. The van der Waals surface area contributed by atoms with Gasteiger partial charge in [0.15, 0.2) is 5.69 Å². The number of benzene rings is 1. The second-order valence-corrected chi connectivity index (χ2v) is 6.64. The predicted octanol–water partition coefficient (Wildman–Crippen LogP) is 3.50. The number of aryl methyl sites for hydroxylation is 1. The average Bonchev–Trinajstić information content (AvgIpc) is 3.00. The smallest absolute Gasteiger partial charge is 0.272 e. The summed E-state index contributed by atoms with van der Waals surface area (Å²) in [6.07, 6.45) is 0. The van der Waals surface area contributed by atoms with Gasteiger partial charge in [0.2, 0.25) is 5.88 Å². The minimum atomic E-state index is -0.303. The van der Waals surface area contributed by atoms with Gasteiger partial charge in [-0.1, -0.05) is 29.8 Å². The zero-order chi connectivity index (χ0) is 17.8. The van der Waals surface area contributed by atoms with Gasteiger partial charge < -0.3 is 10.1 Å². The third-order valence-corrected chi connectivity index (χ3v) is 5.01. The highest BCUT2D eigenvalue weighted by molar-refractivity contribution is 7.15. The first-order chi connectivity index (χ1) is 12.1. The molecule has 6 nitrogen and oxygen atoms in total. The molecule has 0 bridgehead atoms. The van der Waals surface area contributed by atoms with Crippen molar-refractivity contribution in [1.29, 1.82) is 0 Å². The Morgan fingerprint density at radius 1 is 1.24 bits per heavy atom. The monoisotopic (exact) mass is 374 g/mol. The van der Waals surface area contributed by atoms with Gasteiger partial charge in [0.05, 0.1) is 24.4 Å². The van der Waals surface area contributed by atoms with Crippen molar-refractivity contribution in [2.24, 2.45) is 0 Å². The molecule has 25 heavy (non-hydrogen) atoms. The predicted molar refractivity (Wildman–Crippen MR) is 97.1 cm³/mol. The van der Waals surface area contributed by atoms with Crippen molar-refractivity contribution in [3.8, 4) is 16.5 Å². The summed E-state index contributed by atoms with van der Waals surface area (Å²) in [6, 6.07) is 10.7. The summed E-state index contributed by atoms with van der Waals surface area (Å²) >= 11 is 7.73. The maximum absolute atomic E-state index is 12.2. The Labute approximate surface area is 153 Å². The number of amides is 1. The highest BCUT2D eigenvalue weighted by Crippen LogP contribution is 2.32. The molecule has 2 heterocycles. The molecular weight excluding hydrogens is 360 g/mol. The molecule has 0 spiro atoms. The number of ether oxygens (including phenoxy) is 1. The largest absolute Gasteiger partial charge is 0.480 e. The number of halogens is 1. The van der Waals surface area contributed by atoms with Crippen molar-refractivity contribution < 1.29 is 9.53 Å². The lowest BCUT2D eigenvalue weighted by atomic mass is 10.2. The lowest BCUT2D eigenvalue weighted by Crippen LogP contribution is -2.24. The summed E-state index contributed by atoms with van der Waals surface area (Å²) < 4.78 is 4.93. The third-order valence-electron chi connectivity index (χ3n) is 3.49. The number of nitrogens with zero attached hydrogens (tertiary/aromatic N) is 3. The first-order valence-electron chi connectivity index (χ1n) is 7.45. The molecule has 0 aliphatic rings. The van der Waals surface area contributed by atoms with E-state index in [4.69, 9.17) is 16.3 Å². The van der Waals surface area contributed by atoms with Crippen LogP contribution in [0.1, 0.15) is 21.1 Å². The summed E-state index contributed by atoms with van der Waals surface area (Å²) in [5.41, 5.74) is 1.98. The molecule has 0 saturated heterocycles. The van der Waals surface area contributed by atoms with Crippen LogP contribution >= 0.6 is 22.9 Å². The van der Waals surface area contributed by atoms with E-state index in [1.807, 2.05) is 31.2 Å². The van der Waals surface area contributed by atoms with Crippen LogP contribution in [-0.2, 0) is 6.54 Å². The number of rotatable bonds is 5. The fourth-order valence-electron chi connectivity index (χ4n) is 2.14. The number of nitrogens with one attached hydrogen (secondary N) is 1. The Kier molecular flexibility index (Phi) is 5.25. The maximum Gasteiger partial charge on any atom is 0.272 e. The zero-order valence-electron chi connectivity index (χ0n) is 13.6. The number of carbonyl (C=O) groups excluding carboxylic acids is 1. The van der Waals surface area contributed by atoms with E-state index in [9.17, 15) is 4.79 Å². The van der Waals surface area contributed by atoms with Crippen LogP contribution in [-0.4, -0.2) is 28.2 Å². The molecule has 0 unspecified atom stereocenters. The maximum atomic E-state index is 12.2. The Morgan fingerprint density at radius 3 is 2.72 bits per heavy atom. The summed E-state index contributed by atoms with van der Waals surface area (Å²) in [5, 5.41) is 11.9. The molecule has 0 atom stereocenters. The van der Waals surface area contributed by atoms with Crippen molar-refractivity contribution in [1.82, 2.24) is 20.5 Å². The van der Waals surface area contributed by atoms with E-state index in [1.165, 1.54) is 18.4 Å². The lowest BCUT2D eigenvalue weighted by molar-refractivity contribution is 0.0945. The quantitative estimate of drug-likeness (QED) is 0.739. The molecule has 3 rings (SSSR count). The first kappa shape index (κ1) is 17.3. The Hall–Kier alpha value is -2.51. The molecule has 1 aromatic carbocycles. The number of carbonyl (C=O) groups is 1. The van der Waals surface area contributed by atoms with E-state index in [0.29, 0.717) is 17.4 Å². The summed E-state index contributed by atoms with van der Waals surface area (Å²) in [7, 11) is 1.49. The van der Waals surface area contributed by atoms with Gasteiger partial charge in [-0.05, 0) is 19.1 Å². The fourth-order valence-corrected chi connectivity index (χ4v) is 3.47. The number of hydrogen-bond donors (Lipinski definition) is 1. The standard InChI is InChI=1S/C17H15ClN4O2S/c1-10-14(25-17(20-10)11-5-3-4-6-12(11)18)9-19-16(23)13-7-8-15(24-2)22-21-13/h3-8H,9H2,1-2H3,(H,19,23). The van der Waals surface area contributed by atoms with E-state index in [-0.39, 0.29) is 11.6 Å². The van der Waals surface area contributed by atoms with Gasteiger partial charge in [0, 0.05) is 16.5 Å². The van der Waals surface area contributed by atoms with Crippen LogP contribution in [0.4, 0.5) is 0 Å². The second-order valence-electron chi connectivity index (χ2n) is 5.15. The molecule has 0 fully saturated rings. The molecule has 128 valence electrons. The van der Waals surface area contributed by atoms with Crippen LogP contribution in [0.3, 0.4) is 0 Å². The van der Waals surface area contributed by atoms with Gasteiger partial charge in [-0.15, -0.1) is 21.5 Å². The van der Waals surface area contributed by atoms with E-state index < -0.39 is 0 Å². The van der Waals surface area contributed by atoms with E-state index in [1.54, 1.807) is 12.1 Å². The molecule has 0 aliphatic heterocycles. The fraction of sp³-hybridized carbons (Fsp3) is 0.176. The Bertz CT molecular complexity index is 896. The molecule has 0 radical (unpaired) electrons. The normalized spacial score (nSPS) is 10.5. The Balaban J connectivity index is 1.71. The molecule has 2 aromatic heterocycles. The van der Waals surface area contributed by atoms with Crippen LogP contribution < -0.4 is 10.1 Å². The van der Waals surface area contributed by atoms with E-state index in [2.05, 4.69) is 20.5 Å². The number of methoxy groups -OCH3 is 1. The van der Waals surface area contributed by atoms with Gasteiger partial charge in [-0.2, -0.15) is 0 Å². The van der Waals surface area contributed by atoms with Crippen LogP contribution in [0, 0.1) is 6.92 Å². The summed E-state index contributed by atoms with van der Waals surface area (Å²) in [6.45, 7) is 2.27. The first-order valence-corrected chi connectivity index (χ1v) is 8.65. The second kappa shape index (κ2) is 7.58. The van der Waals surface area contributed by atoms with Crippen LogP contribution in [0.5, 0.6) is 5.88 Å². The van der Waals surface area contributed by atoms with Crippen molar-refractivity contribution in [3.63, 3.8) is 0 Å². The van der Waals surface area contributed by atoms with E-state index >= 15 is 0 Å². The molecule has 8 heteroatoms. The Morgan fingerprint density at radius 2 is 2.04 bits per heavy atom. The van der Waals surface area contributed by atoms with Crippen LogP contribution in [0.25, 0.3) is 10.6 Å². The number of thiazole rings is 1. The van der Waals surface area contributed by atoms with Gasteiger partial charge >= 0.3 is 0 Å². The molecule has 1 amide bonds. The van der Waals surface area contributed by atoms with Gasteiger partial charge in [-0.25, -0.2) is 4.98 Å². The third kappa shape index (κ3) is 3.94. The minimum Gasteiger partial charge on any atom is -0.480 e. The molecular formula is C17H15ClN4O2S.